The van der Waals surface area contributed by atoms with E-state index in [0.29, 0.717) is 17.9 Å². The van der Waals surface area contributed by atoms with Crippen molar-refractivity contribution >= 4 is 5.95 Å². The van der Waals surface area contributed by atoms with E-state index in [9.17, 15) is 0 Å². The molecule has 4 nitrogen and oxygen atoms in total. The van der Waals surface area contributed by atoms with Gasteiger partial charge in [0.15, 0.2) is 0 Å². The van der Waals surface area contributed by atoms with E-state index in [1.54, 1.807) is 0 Å². The number of nitrogens with one attached hydrogen (secondary N) is 1. The Morgan fingerprint density at radius 1 is 1.15 bits per heavy atom. The lowest BCUT2D eigenvalue weighted by atomic mass is 9.85. The third kappa shape index (κ3) is 4.36. The van der Waals surface area contributed by atoms with Gasteiger partial charge < -0.3 is 10.1 Å². The molecule has 2 rings (SSSR count). The van der Waals surface area contributed by atoms with E-state index in [1.807, 2.05) is 26.8 Å². The lowest BCUT2D eigenvalue weighted by molar-refractivity contribution is 0.232. The largest absolute Gasteiger partial charge is 0.475 e. The van der Waals surface area contributed by atoms with E-state index in [-0.39, 0.29) is 6.10 Å². The summed E-state index contributed by atoms with van der Waals surface area (Å²) < 4.78 is 5.67. The van der Waals surface area contributed by atoms with Crippen molar-refractivity contribution in [3.63, 3.8) is 0 Å². The van der Waals surface area contributed by atoms with Crippen molar-refractivity contribution in [2.24, 2.45) is 5.92 Å². The van der Waals surface area contributed by atoms with Gasteiger partial charge in [0.25, 0.3) is 0 Å². The fraction of sp³-hybridized carbons (Fsp3) is 0.750. The summed E-state index contributed by atoms with van der Waals surface area (Å²) in [5, 5.41) is 3.46. The van der Waals surface area contributed by atoms with Gasteiger partial charge in [-0.3, -0.25) is 0 Å². The molecule has 1 N–H and O–H groups in total. The molecular weight excluding hydrogens is 250 g/mol. The van der Waals surface area contributed by atoms with Gasteiger partial charge in [-0.2, -0.15) is 4.98 Å². The number of hydrogen-bond acceptors (Lipinski definition) is 4. The second kappa shape index (κ2) is 6.91. The molecule has 1 fully saturated rings. The molecule has 1 unspecified atom stereocenters. The van der Waals surface area contributed by atoms with Crippen LogP contribution in [0.2, 0.25) is 0 Å². The van der Waals surface area contributed by atoms with Crippen molar-refractivity contribution < 1.29 is 4.74 Å². The maximum Gasteiger partial charge on any atom is 0.226 e. The monoisotopic (exact) mass is 277 g/mol. The first-order chi connectivity index (χ1) is 9.54. The molecule has 0 amide bonds. The van der Waals surface area contributed by atoms with E-state index in [2.05, 4.69) is 22.2 Å². The van der Waals surface area contributed by atoms with Gasteiger partial charge in [0, 0.05) is 17.8 Å². The molecular formula is C16H27N3O. The molecule has 1 heterocycles. The van der Waals surface area contributed by atoms with Gasteiger partial charge in [0.1, 0.15) is 0 Å². The van der Waals surface area contributed by atoms with Crippen LogP contribution in [0, 0.1) is 12.8 Å². The van der Waals surface area contributed by atoms with E-state index in [4.69, 9.17) is 4.74 Å². The highest BCUT2D eigenvalue weighted by atomic mass is 16.5. The fourth-order valence-electron chi connectivity index (χ4n) is 2.86. The number of nitrogens with zero attached hydrogens (tertiary/aromatic N) is 2. The molecule has 1 aliphatic rings. The zero-order valence-electron chi connectivity index (χ0n) is 13.1. The van der Waals surface area contributed by atoms with E-state index in [1.165, 1.54) is 32.1 Å². The minimum Gasteiger partial charge on any atom is -0.475 e. The molecule has 1 saturated carbocycles. The van der Waals surface area contributed by atoms with Gasteiger partial charge in [-0.15, -0.1) is 0 Å². The van der Waals surface area contributed by atoms with Crippen LogP contribution >= 0.6 is 0 Å². The molecule has 4 heteroatoms. The second-order valence-electron chi connectivity index (χ2n) is 6.17. The predicted molar refractivity (Wildman–Crippen MR) is 82.2 cm³/mol. The number of ether oxygens (including phenoxy) is 1. The Morgan fingerprint density at radius 3 is 2.50 bits per heavy atom. The zero-order chi connectivity index (χ0) is 14.5. The third-order valence-corrected chi connectivity index (χ3v) is 3.90. The molecule has 0 spiro atoms. The Kier molecular flexibility index (Phi) is 5.21. The van der Waals surface area contributed by atoms with Crippen LogP contribution in [-0.2, 0) is 0 Å². The van der Waals surface area contributed by atoms with Crippen LogP contribution in [0.3, 0.4) is 0 Å². The van der Waals surface area contributed by atoms with Gasteiger partial charge in [0.2, 0.25) is 11.8 Å². The molecule has 0 aliphatic heterocycles. The van der Waals surface area contributed by atoms with E-state index in [0.717, 1.165) is 11.6 Å². The first kappa shape index (κ1) is 15.1. The number of anilines is 1. The van der Waals surface area contributed by atoms with Crippen LogP contribution in [0.5, 0.6) is 5.88 Å². The van der Waals surface area contributed by atoms with Crippen molar-refractivity contribution in [3.05, 3.63) is 11.8 Å². The molecule has 1 aromatic rings. The zero-order valence-corrected chi connectivity index (χ0v) is 13.1. The number of hydrogen-bond donors (Lipinski definition) is 1. The van der Waals surface area contributed by atoms with Crippen LogP contribution in [-0.4, -0.2) is 22.1 Å². The predicted octanol–water partition coefficient (Wildman–Crippen LogP) is 3.95. The SMILES string of the molecule is Cc1cc(OC(C)C)nc(NC(C)C2CCCCC2)n1. The smallest absolute Gasteiger partial charge is 0.226 e. The Hall–Kier alpha value is -1.32. The lowest BCUT2D eigenvalue weighted by Crippen LogP contribution is -2.28. The molecule has 1 aromatic heterocycles. The number of aryl methyl sites for hydroxylation is 1. The van der Waals surface area contributed by atoms with Crippen molar-refractivity contribution in [1.82, 2.24) is 9.97 Å². The highest BCUT2D eigenvalue weighted by Gasteiger charge is 2.20. The van der Waals surface area contributed by atoms with E-state index < -0.39 is 0 Å². The minimum atomic E-state index is 0.132. The summed E-state index contributed by atoms with van der Waals surface area (Å²) in [5.74, 6) is 2.09. The first-order valence-corrected chi connectivity index (χ1v) is 7.83. The third-order valence-electron chi connectivity index (χ3n) is 3.90. The Morgan fingerprint density at radius 2 is 1.85 bits per heavy atom. The number of rotatable bonds is 5. The molecule has 20 heavy (non-hydrogen) atoms. The van der Waals surface area contributed by atoms with Gasteiger partial charge in [-0.25, -0.2) is 4.98 Å². The van der Waals surface area contributed by atoms with Crippen LogP contribution in [0.15, 0.2) is 6.07 Å². The summed E-state index contributed by atoms with van der Waals surface area (Å²) in [4.78, 5) is 8.94. The van der Waals surface area contributed by atoms with Gasteiger partial charge in [-0.1, -0.05) is 19.3 Å². The summed E-state index contributed by atoms with van der Waals surface area (Å²) in [5.41, 5.74) is 0.939. The Bertz CT molecular complexity index is 428. The second-order valence-corrected chi connectivity index (χ2v) is 6.17. The fourth-order valence-corrected chi connectivity index (χ4v) is 2.86. The standard InChI is InChI=1S/C16H27N3O/c1-11(2)20-15-10-12(3)17-16(19-15)18-13(4)14-8-6-5-7-9-14/h10-11,13-14H,5-9H2,1-4H3,(H,17,18,19). The van der Waals surface area contributed by atoms with Crippen LogP contribution < -0.4 is 10.1 Å². The van der Waals surface area contributed by atoms with Crippen LogP contribution in [0.1, 0.15) is 58.6 Å². The summed E-state index contributed by atoms with van der Waals surface area (Å²) in [6.07, 6.45) is 6.86. The highest BCUT2D eigenvalue weighted by Crippen LogP contribution is 2.27. The van der Waals surface area contributed by atoms with E-state index >= 15 is 0 Å². The van der Waals surface area contributed by atoms with Crippen LogP contribution in [0.25, 0.3) is 0 Å². The normalized spacial score (nSPS) is 18.1. The van der Waals surface area contributed by atoms with Gasteiger partial charge in [-0.05, 0) is 46.5 Å². The summed E-state index contributed by atoms with van der Waals surface area (Å²) in [6, 6.07) is 2.31. The minimum absolute atomic E-state index is 0.132. The van der Waals surface area contributed by atoms with Crippen molar-refractivity contribution in [1.29, 1.82) is 0 Å². The van der Waals surface area contributed by atoms with Crippen LogP contribution in [0.4, 0.5) is 5.95 Å². The molecule has 0 saturated heterocycles. The molecule has 0 bridgehead atoms. The molecule has 1 aliphatic carbocycles. The molecule has 112 valence electrons. The molecule has 0 radical (unpaired) electrons. The van der Waals surface area contributed by atoms with Gasteiger partial charge >= 0.3 is 0 Å². The lowest BCUT2D eigenvalue weighted by Gasteiger charge is -2.28. The quantitative estimate of drug-likeness (QED) is 0.885. The summed E-state index contributed by atoms with van der Waals surface area (Å²) in [7, 11) is 0. The number of aromatic nitrogens is 2. The summed E-state index contributed by atoms with van der Waals surface area (Å²) in [6.45, 7) is 8.24. The maximum absolute atomic E-state index is 5.67. The van der Waals surface area contributed by atoms with Crippen molar-refractivity contribution in [2.75, 3.05) is 5.32 Å². The van der Waals surface area contributed by atoms with Crippen molar-refractivity contribution in [2.45, 2.75) is 71.9 Å². The molecule has 0 aromatic carbocycles. The Balaban J connectivity index is 2.02. The molecule has 1 atom stereocenters. The average molecular weight is 277 g/mol. The highest BCUT2D eigenvalue weighted by molar-refractivity contribution is 5.31. The summed E-state index contributed by atoms with van der Waals surface area (Å²) >= 11 is 0. The Labute approximate surface area is 122 Å². The van der Waals surface area contributed by atoms with Gasteiger partial charge in [0.05, 0.1) is 6.10 Å². The topological polar surface area (TPSA) is 47.0 Å². The average Bonchev–Trinajstić information content (AvgIpc) is 2.38. The first-order valence-electron chi connectivity index (χ1n) is 7.83. The maximum atomic E-state index is 5.67. The van der Waals surface area contributed by atoms with Crippen molar-refractivity contribution in [3.8, 4) is 5.88 Å².